The number of carbonyl (C=O) groups excluding carboxylic acids is 3. The highest BCUT2D eigenvalue weighted by atomic mass is 79.9. The summed E-state index contributed by atoms with van der Waals surface area (Å²) in [5.74, 6) is 0.00597. The van der Waals surface area contributed by atoms with Gasteiger partial charge in [-0.05, 0) is 151 Å². The molecule has 0 aliphatic heterocycles. The van der Waals surface area contributed by atoms with Gasteiger partial charge in [-0.25, -0.2) is 0 Å². The van der Waals surface area contributed by atoms with Gasteiger partial charge in [-0.2, -0.15) is 0 Å². The molecule has 0 saturated heterocycles. The minimum absolute atomic E-state index is 0.145. The van der Waals surface area contributed by atoms with E-state index in [1.165, 1.54) is 0 Å². The number of nitrogens with two attached hydrogens (primary N) is 3. The summed E-state index contributed by atoms with van der Waals surface area (Å²) in [5, 5.41) is 8.64. The van der Waals surface area contributed by atoms with Crippen LogP contribution in [0.1, 0.15) is 49.7 Å². The molecule has 0 heterocycles. The third kappa shape index (κ3) is 13.0. The second-order valence-electron chi connectivity index (χ2n) is 10.7. The zero-order chi connectivity index (χ0) is 34.2. The quantitative estimate of drug-likeness (QED) is 0.107. The van der Waals surface area contributed by atoms with Gasteiger partial charge >= 0.3 is 0 Å². The average Bonchev–Trinajstić information content (AvgIpc) is 3.00. The predicted molar refractivity (Wildman–Crippen MR) is 195 cm³/mol. The maximum atomic E-state index is 13.8. The van der Waals surface area contributed by atoms with Gasteiger partial charge < -0.3 is 42.6 Å². The van der Waals surface area contributed by atoms with Gasteiger partial charge in [-0.15, -0.1) is 0 Å². The van der Waals surface area contributed by atoms with Crippen molar-refractivity contribution in [1.82, 2.24) is 16.0 Å². The Hall–Kier alpha value is -1.75. The molecule has 256 valence electrons. The van der Waals surface area contributed by atoms with Crippen LogP contribution >= 0.6 is 63.7 Å². The van der Waals surface area contributed by atoms with Gasteiger partial charge in [0.25, 0.3) is 0 Å². The van der Waals surface area contributed by atoms with Crippen LogP contribution in [0.4, 0.5) is 0 Å². The van der Waals surface area contributed by atoms with Gasteiger partial charge in [-0.1, -0.05) is 6.42 Å². The summed E-state index contributed by atoms with van der Waals surface area (Å²) in [5.41, 5.74) is 19.2. The van der Waals surface area contributed by atoms with Gasteiger partial charge in [0.05, 0.1) is 38.2 Å². The predicted octanol–water partition coefficient (Wildman–Crippen LogP) is 4.21. The fraction of sp³-hybridized carbons (Fsp3) is 0.516. The number of carbonyl (C=O) groups is 3. The molecular weight excluding hydrogens is 856 g/mol. The van der Waals surface area contributed by atoms with Crippen LogP contribution in [0.25, 0.3) is 0 Å². The van der Waals surface area contributed by atoms with E-state index < -0.39 is 29.9 Å². The number of ether oxygens (including phenoxy) is 2. The van der Waals surface area contributed by atoms with E-state index in [9.17, 15) is 14.4 Å². The monoisotopic (exact) mass is 896 g/mol. The van der Waals surface area contributed by atoms with Crippen LogP contribution in [0.2, 0.25) is 0 Å². The molecule has 2 aromatic rings. The van der Waals surface area contributed by atoms with Crippen LogP contribution < -0.4 is 42.6 Å². The van der Waals surface area contributed by atoms with Crippen molar-refractivity contribution < 1.29 is 23.9 Å². The molecule has 0 aliphatic carbocycles. The maximum absolute atomic E-state index is 13.8. The van der Waals surface area contributed by atoms with Crippen LogP contribution in [0.3, 0.4) is 0 Å². The van der Waals surface area contributed by atoms with Gasteiger partial charge in [0.2, 0.25) is 17.7 Å². The zero-order valence-electron chi connectivity index (χ0n) is 26.1. The van der Waals surface area contributed by atoms with Crippen LogP contribution in [0.5, 0.6) is 11.5 Å². The van der Waals surface area contributed by atoms with Crippen molar-refractivity contribution in [1.29, 1.82) is 0 Å². The second-order valence-corrected chi connectivity index (χ2v) is 14.1. The molecule has 0 spiro atoms. The van der Waals surface area contributed by atoms with E-state index in [0.717, 1.165) is 26.5 Å². The minimum Gasteiger partial charge on any atom is -0.494 e. The summed E-state index contributed by atoms with van der Waals surface area (Å²) in [7, 11) is 3.14. The van der Waals surface area contributed by atoms with Crippen molar-refractivity contribution in [2.45, 2.75) is 69.5 Å². The number of unbranched alkanes of at least 4 members (excludes halogenated alkanes) is 2. The molecule has 9 N–H and O–H groups in total. The lowest BCUT2D eigenvalue weighted by atomic mass is 10.0. The minimum atomic E-state index is -1.00. The number of hydrogen-bond acceptors (Lipinski definition) is 8. The normalized spacial score (nSPS) is 13.0. The van der Waals surface area contributed by atoms with E-state index in [4.69, 9.17) is 26.7 Å². The van der Waals surface area contributed by atoms with Crippen molar-refractivity contribution in [3.8, 4) is 11.5 Å². The average molecular weight is 900 g/mol. The molecule has 46 heavy (non-hydrogen) atoms. The summed E-state index contributed by atoms with van der Waals surface area (Å²) in [4.78, 5) is 40.2. The van der Waals surface area contributed by atoms with Crippen LogP contribution in [0.15, 0.2) is 42.2 Å². The fourth-order valence-corrected chi connectivity index (χ4v) is 7.94. The smallest absolute Gasteiger partial charge is 0.243 e. The van der Waals surface area contributed by atoms with Crippen LogP contribution in [-0.4, -0.2) is 69.7 Å². The first-order valence-corrected chi connectivity index (χ1v) is 18.2. The summed E-state index contributed by atoms with van der Waals surface area (Å²) in [6, 6.07) is 4.86. The summed E-state index contributed by atoms with van der Waals surface area (Å²) >= 11 is 14.0. The number of methoxy groups -OCH3 is 2. The summed E-state index contributed by atoms with van der Waals surface area (Å²) < 4.78 is 13.7. The molecule has 0 aromatic heterocycles. The van der Waals surface area contributed by atoms with Crippen molar-refractivity contribution in [3.63, 3.8) is 0 Å². The van der Waals surface area contributed by atoms with E-state index >= 15 is 0 Å². The Morgan fingerprint density at radius 3 is 1.67 bits per heavy atom. The fourth-order valence-electron chi connectivity index (χ4n) is 4.73. The molecule has 0 saturated carbocycles. The Kier molecular flexibility index (Phi) is 18.7. The SMILES string of the molecule is COc1c(Br)cc(CCNC(=O)[C@H](CCCCN)NC(=O)[C@H](Cc2cc(Br)c(OC)c(Br)c2)NC(=O)[C@@H](N)CCCCN)cc1Br. The van der Waals surface area contributed by atoms with E-state index in [1.807, 2.05) is 24.3 Å². The highest BCUT2D eigenvalue weighted by Crippen LogP contribution is 2.35. The lowest BCUT2D eigenvalue weighted by Crippen LogP contribution is -2.56. The van der Waals surface area contributed by atoms with Gasteiger partial charge in [-0.3, -0.25) is 14.4 Å². The van der Waals surface area contributed by atoms with Crippen LogP contribution in [0, 0.1) is 0 Å². The second kappa shape index (κ2) is 21.3. The third-order valence-electron chi connectivity index (χ3n) is 7.20. The molecule has 15 heteroatoms. The van der Waals surface area contributed by atoms with E-state index in [-0.39, 0.29) is 12.3 Å². The number of nitrogens with one attached hydrogen (secondary N) is 3. The highest BCUT2D eigenvalue weighted by molar-refractivity contribution is 9.11. The first-order chi connectivity index (χ1) is 21.9. The Morgan fingerprint density at radius 1 is 0.696 bits per heavy atom. The lowest BCUT2D eigenvalue weighted by Gasteiger charge is -2.25. The number of halogens is 4. The summed E-state index contributed by atoms with van der Waals surface area (Å²) in [6.45, 7) is 1.31. The first kappa shape index (κ1) is 40.4. The van der Waals surface area contributed by atoms with Crippen molar-refractivity contribution in [2.24, 2.45) is 17.2 Å². The maximum Gasteiger partial charge on any atom is 0.243 e. The molecule has 0 radical (unpaired) electrons. The van der Waals surface area contributed by atoms with E-state index in [2.05, 4.69) is 79.7 Å². The van der Waals surface area contributed by atoms with E-state index in [0.29, 0.717) is 78.6 Å². The molecule has 3 amide bonds. The van der Waals surface area contributed by atoms with Gasteiger partial charge in [0.15, 0.2) is 0 Å². The van der Waals surface area contributed by atoms with Gasteiger partial charge in [0.1, 0.15) is 23.6 Å². The van der Waals surface area contributed by atoms with Crippen molar-refractivity contribution >= 4 is 81.4 Å². The molecule has 0 unspecified atom stereocenters. The summed E-state index contributed by atoms with van der Waals surface area (Å²) in [6.07, 6.45) is 4.27. The largest absolute Gasteiger partial charge is 0.494 e. The number of amides is 3. The molecule has 2 rings (SSSR count). The van der Waals surface area contributed by atoms with Gasteiger partial charge in [0, 0.05) is 13.0 Å². The topological polar surface area (TPSA) is 184 Å². The zero-order valence-corrected chi connectivity index (χ0v) is 32.4. The standard InChI is InChI=1S/C31H44Br4N6O5/c1-45-27-20(32)13-18(14-21(27)33)9-12-39-30(43)25(8-4-6-11-37)40-31(44)26(41-29(42)24(38)7-3-5-10-36)17-19-15-22(34)28(46-2)23(35)16-19/h13-16,24-26H,3-12,17,36-38H2,1-2H3,(H,39,43)(H,40,44)(H,41,42)/t24-,25-,26-/m0/s1. The number of benzene rings is 2. The first-order valence-electron chi connectivity index (χ1n) is 15.0. The highest BCUT2D eigenvalue weighted by Gasteiger charge is 2.29. The molecule has 0 aliphatic rings. The molecule has 11 nitrogen and oxygen atoms in total. The molecular formula is C31H44Br4N6O5. The van der Waals surface area contributed by atoms with Crippen LogP contribution in [-0.2, 0) is 27.2 Å². The molecule has 2 aromatic carbocycles. The van der Waals surface area contributed by atoms with E-state index in [1.54, 1.807) is 14.2 Å². The lowest BCUT2D eigenvalue weighted by molar-refractivity contribution is -0.132. The number of hydrogen-bond donors (Lipinski definition) is 6. The Labute approximate surface area is 304 Å². The van der Waals surface area contributed by atoms with Crippen molar-refractivity contribution in [2.75, 3.05) is 33.9 Å². The molecule has 0 bridgehead atoms. The Bertz CT molecular complexity index is 1270. The molecule has 0 fully saturated rings. The Morgan fingerprint density at radius 2 is 1.17 bits per heavy atom. The molecule has 3 atom stereocenters. The number of rotatable bonds is 20. The van der Waals surface area contributed by atoms with Crippen molar-refractivity contribution in [3.05, 3.63) is 53.3 Å². The third-order valence-corrected chi connectivity index (χ3v) is 9.55. The Balaban J connectivity index is 2.22.